The second-order valence-corrected chi connectivity index (χ2v) is 6.09. The molecule has 23 heavy (non-hydrogen) atoms. The van der Waals surface area contributed by atoms with E-state index in [1.807, 2.05) is 20.0 Å². The normalized spacial score (nSPS) is 21.7. The van der Waals surface area contributed by atoms with Crippen LogP contribution in [0.4, 0.5) is 4.39 Å². The van der Waals surface area contributed by atoms with Gasteiger partial charge < -0.3 is 10.3 Å². The number of carbonyl (C=O) groups is 1. The van der Waals surface area contributed by atoms with Gasteiger partial charge in [0.05, 0.1) is 11.3 Å². The second-order valence-electron chi connectivity index (χ2n) is 6.09. The van der Waals surface area contributed by atoms with Crippen molar-refractivity contribution in [2.75, 3.05) is 13.1 Å². The van der Waals surface area contributed by atoms with Gasteiger partial charge in [0, 0.05) is 50.8 Å². The Morgan fingerprint density at radius 2 is 2.35 bits per heavy atom. The van der Waals surface area contributed by atoms with Gasteiger partial charge in [-0.3, -0.25) is 14.4 Å². The number of amides is 1. The van der Waals surface area contributed by atoms with Crippen LogP contribution in [-0.2, 0) is 13.6 Å². The number of carbonyl (C=O) groups excluding carboxylic acids is 1. The maximum atomic E-state index is 13.8. The molecular formula is C16H22FN5O. The standard InChI is InChI=1S/C16H22FN5O/c1-11-15(4-5-18-11)16(23)19-8-14-7-12(17)9-22(14)10-13-3-6-20-21(13)2/h3-6,12,14,18H,7-10H2,1-2H3,(H,19,23)/t12-,14-/m0/s1. The van der Waals surface area contributed by atoms with Crippen LogP contribution < -0.4 is 5.32 Å². The molecule has 2 atom stereocenters. The summed E-state index contributed by atoms with van der Waals surface area (Å²) >= 11 is 0. The van der Waals surface area contributed by atoms with Crippen LogP contribution in [0.2, 0.25) is 0 Å². The Morgan fingerprint density at radius 1 is 1.52 bits per heavy atom. The van der Waals surface area contributed by atoms with Gasteiger partial charge in [0.25, 0.3) is 5.91 Å². The molecule has 3 heterocycles. The first-order chi connectivity index (χ1) is 11.0. The van der Waals surface area contributed by atoms with Crippen LogP contribution in [0.5, 0.6) is 0 Å². The van der Waals surface area contributed by atoms with Gasteiger partial charge >= 0.3 is 0 Å². The molecule has 0 aliphatic carbocycles. The van der Waals surface area contributed by atoms with Gasteiger partial charge in [-0.1, -0.05) is 0 Å². The molecule has 2 aromatic rings. The highest BCUT2D eigenvalue weighted by molar-refractivity contribution is 5.95. The van der Waals surface area contributed by atoms with Crippen molar-refractivity contribution < 1.29 is 9.18 Å². The number of H-pyrrole nitrogens is 1. The first kappa shape index (κ1) is 15.7. The topological polar surface area (TPSA) is 66.0 Å². The number of hydrogen-bond acceptors (Lipinski definition) is 3. The van der Waals surface area contributed by atoms with E-state index < -0.39 is 6.17 Å². The minimum absolute atomic E-state index is 0.00287. The molecule has 0 saturated carbocycles. The molecule has 124 valence electrons. The minimum atomic E-state index is -0.848. The van der Waals surface area contributed by atoms with Gasteiger partial charge in [0.1, 0.15) is 6.17 Å². The van der Waals surface area contributed by atoms with Gasteiger partial charge in [-0.2, -0.15) is 5.10 Å². The van der Waals surface area contributed by atoms with Crippen molar-refractivity contribution in [3.8, 4) is 0 Å². The molecule has 3 rings (SSSR count). The zero-order valence-electron chi connectivity index (χ0n) is 13.4. The molecule has 0 unspecified atom stereocenters. The Morgan fingerprint density at radius 3 is 3.00 bits per heavy atom. The van der Waals surface area contributed by atoms with Gasteiger partial charge in [-0.15, -0.1) is 0 Å². The molecule has 7 heteroatoms. The number of nitrogens with zero attached hydrogens (tertiary/aromatic N) is 3. The van der Waals surface area contributed by atoms with E-state index in [2.05, 4.69) is 20.3 Å². The average Bonchev–Trinajstić information content (AvgIpc) is 3.19. The number of halogens is 1. The summed E-state index contributed by atoms with van der Waals surface area (Å²) in [6.45, 7) is 3.34. The number of nitrogens with one attached hydrogen (secondary N) is 2. The number of rotatable bonds is 5. The fourth-order valence-electron chi connectivity index (χ4n) is 3.10. The third-order valence-electron chi connectivity index (χ3n) is 4.46. The zero-order valence-corrected chi connectivity index (χ0v) is 13.4. The van der Waals surface area contributed by atoms with Gasteiger partial charge in [0.15, 0.2) is 0 Å². The van der Waals surface area contributed by atoms with E-state index in [1.54, 1.807) is 23.1 Å². The van der Waals surface area contributed by atoms with Crippen molar-refractivity contribution in [2.45, 2.75) is 32.1 Å². The summed E-state index contributed by atoms with van der Waals surface area (Å²) in [5, 5.41) is 7.07. The predicted molar refractivity (Wildman–Crippen MR) is 84.8 cm³/mol. The third kappa shape index (κ3) is 3.44. The number of alkyl halides is 1. The van der Waals surface area contributed by atoms with Crippen molar-refractivity contribution in [3.63, 3.8) is 0 Å². The fraction of sp³-hybridized carbons (Fsp3) is 0.500. The van der Waals surface area contributed by atoms with E-state index in [4.69, 9.17) is 0 Å². The van der Waals surface area contributed by atoms with Gasteiger partial charge in [0.2, 0.25) is 0 Å². The molecular weight excluding hydrogens is 297 g/mol. The maximum absolute atomic E-state index is 13.8. The van der Waals surface area contributed by atoms with E-state index in [-0.39, 0.29) is 11.9 Å². The van der Waals surface area contributed by atoms with E-state index >= 15 is 0 Å². The van der Waals surface area contributed by atoms with E-state index in [0.29, 0.717) is 31.6 Å². The second kappa shape index (κ2) is 6.54. The first-order valence-electron chi connectivity index (χ1n) is 7.81. The number of aryl methyl sites for hydroxylation is 2. The lowest BCUT2D eigenvalue weighted by atomic mass is 10.2. The predicted octanol–water partition coefficient (Wildman–Crippen LogP) is 1.40. The van der Waals surface area contributed by atoms with E-state index in [1.165, 1.54) is 0 Å². The summed E-state index contributed by atoms with van der Waals surface area (Å²) < 4.78 is 15.6. The quantitative estimate of drug-likeness (QED) is 0.875. The third-order valence-corrected chi connectivity index (χ3v) is 4.46. The minimum Gasteiger partial charge on any atom is -0.365 e. The van der Waals surface area contributed by atoms with Crippen LogP contribution in [0.1, 0.15) is 28.2 Å². The SMILES string of the molecule is Cc1[nH]ccc1C(=O)NC[C@@H]1C[C@H](F)CN1Cc1ccnn1C. The van der Waals surface area contributed by atoms with Crippen molar-refractivity contribution in [2.24, 2.45) is 7.05 Å². The molecule has 2 N–H and O–H groups in total. The molecule has 6 nitrogen and oxygen atoms in total. The Bertz CT molecular complexity index is 680. The molecule has 1 fully saturated rings. The van der Waals surface area contributed by atoms with Crippen molar-refractivity contribution in [1.82, 2.24) is 25.0 Å². The van der Waals surface area contributed by atoms with Gasteiger partial charge in [-0.05, 0) is 25.5 Å². The largest absolute Gasteiger partial charge is 0.365 e. The van der Waals surface area contributed by atoms with Crippen LogP contribution in [-0.4, -0.2) is 50.9 Å². The van der Waals surface area contributed by atoms with Gasteiger partial charge in [-0.25, -0.2) is 4.39 Å². The number of hydrogen-bond donors (Lipinski definition) is 2. The summed E-state index contributed by atoms with van der Waals surface area (Å²) in [6, 6.07) is 3.69. The zero-order chi connectivity index (χ0) is 16.4. The highest BCUT2D eigenvalue weighted by atomic mass is 19.1. The Hall–Kier alpha value is -2.15. The van der Waals surface area contributed by atoms with Crippen molar-refractivity contribution in [1.29, 1.82) is 0 Å². The van der Waals surface area contributed by atoms with Crippen molar-refractivity contribution >= 4 is 5.91 Å². The lowest BCUT2D eigenvalue weighted by Crippen LogP contribution is -2.40. The van der Waals surface area contributed by atoms with Crippen LogP contribution in [0, 0.1) is 6.92 Å². The van der Waals surface area contributed by atoms with Crippen LogP contribution in [0.25, 0.3) is 0 Å². The summed E-state index contributed by atoms with van der Waals surface area (Å²) in [5.41, 5.74) is 2.51. The highest BCUT2D eigenvalue weighted by Gasteiger charge is 2.32. The van der Waals surface area contributed by atoms with Crippen LogP contribution in [0.3, 0.4) is 0 Å². The van der Waals surface area contributed by atoms with Crippen LogP contribution >= 0.6 is 0 Å². The Kier molecular flexibility index (Phi) is 4.47. The maximum Gasteiger partial charge on any atom is 0.253 e. The molecule has 2 aromatic heterocycles. The van der Waals surface area contributed by atoms with E-state index in [0.717, 1.165) is 11.4 Å². The lowest BCUT2D eigenvalue weighted by molar-refractivity contribution is 0.0939. The smallest absolute Gasteiger partial charge is 0.253 e. The number of aromatic amines is 1. The van der Waals surface area contributed by atoms with Crippen LogP contribution in [0.15, 0.2) is 24.5 Å². The lowest BCUT2D eigenvalue weighted by Gasteiger charge is -2.24. The molecule has 1 saturated heterocycles. The highest BCUT2D eigenvalue weighted by Crippen LogP contribution is 2.22. The summed E-state index contributed by atoms with van der Waals surface area (Å²) in [4.78, 5) is 17.2. The number of aromatic nitrogens is 3. The molecule has 1 aliphatic rings. The molecule has 1 amide bonds. The average molecular weight is 319 g/mol. The first-order valence-corrected chi connectivity index (χ1v) is 7.81. The fourth-order valence-corrected chi connectivity index (χ4v) is 3.10. The Balaban J connectivity index is 1.60. The summed E-state index contributed by atoms with van der Waals surface area (Å²) in [5.74, 6) is -0.119. The summed E-state index contributed by atoms with van der Waals surface area (Å²) in [6.07, 6.45) is 3.08. The van der Waals surface area contributed by atoms with E-state index in [9.17, 15) is 9.18 Å². The molecule has 0 aromatic carbocycles. The summed E-state index contributed by atoms with van der Waals surface area (Å²) in [7, 11) is 1.88. The molecule has 0 radical (unpaired) electrons. The Labute approximate surface area is 134 Å². The van der Waals surface area contributed by atoms with Crippen molar-refractivity contribution in [3.05, 3.63) is 41.5 Å². The number of likely N-dealkylation sites (tertiary alicyclic amines) is 1. The molecule has 0 spiro atoms. The monoisotopic (exact) mass is 319 g/mol. The molecule has 1 aliphatic heterocycles. The molecule has 0 bridgehead atoms.